The van der Waals surface area contributed by atoms with Crippen molar-refractivity contribution >= 4 is 27.3 Å². The SMILES string of the molecule is C=S(C)(=O)N1CCC(NC(=O)Nc2ccc(OC(F)(F)F)cc2)CC1. The van der Waals surface area contributed by atoms with Gasteiger partial charge in [-0.2, -0.15) is 0 Å². The second kappa shape index (κ2) is 7.52. The van der Waals surface area contributed by atoms with Crippen molar-refractivity contribution < 1.29 is 26.9 Å². The van der Waals surface area contributed by atoms with E-state index in [1.54, 1.807) is 10.6 Å². The van der Waals surface area contributed by atoms with Crippen LogP contribution >= 0.6 is 0 Å². The van der Waals surface area contributed by atoms with Gasteiger partial charge in [0.1, 0.15) is 5.75 Å². The fourth-order valence-electron chi connectivity index (χ4n) is 2.48. The van der Waals surface area contributed by atoms with Crippen LogP contribution in [-0.2, 0) is 9.71 Å². The number of nitrogens with zero attached hydrogens (tertiary/aromatic N) is 1. The van der Waals surface area contributed by atoms with Gasteiger partial charge in [-0.25, -0.2) is 9.10 Å². The van der Waals surface area contributed by atoms with E-state index in [4.69, 9.17) is 0 Å². The number of hydrogen-bond acceptors (Lipinski definition) is 3. The number of rotatable bonds is 4. The van der Waals surface area contributed by atoms with Crippen LogP contribution < -0.4 is 15.4 Å². The molecule has 0 saturated carbocycles. The number of halogens is 3. The van der Waals surface area contributed by atoms with Gasteiger partial charge in [0.15, 0.2) is 0 Å². The number of amides is 2. The smallest absolute Gasteiger partial charge is 0.406 e. The summed E-state index contributed by atoms with van der Waals surface area (Å²) < 4.78 is 53.7. The Morgan fingerprint density at radius 3 is 2.32 bits per heavy atom. The van der Waals surface area contributed by atoms with Crippen molar-refractivity contribution in [2.45, 2.75) is 25.2 Å². The molecular weight excluding hydrogens is 359 g/mol. The Morgan fingerprint density at radius 2 is 1.84 bits per heavy atom. The molecule has 0 aliphatic carbocycles. The molecule has 0 spiro atoms. The Hall–Kier alpha value is -1.94. The maximum atomic E-state index is 12.1. The molecule has 2 N–H and O–H groups in total. The normalized spacial score (nSPS) is 19.0. The minimum absolute atomic E-state index is 0.0640. The minimum Gasteiger partial charge on any atom is -0.406 e. The predicted molar refractivity (Wildman–Crippen MR) is 91.1 cm³/mol. The third-order valence-corrected chi connectivity index (χ3v) is 5.14. The first kappa shape index (κ1) is 19.4. The van der Waals surface area contributed by atoms with Crippen molar-refractivity contribution in [3.05, 3.63) is 24.3 Å². The van der Waals surface area contributed by atoms with Crippen molar-refractivity contribution in [1.82, 2.24) is 9.62 Å². The molecule has 140 valence electrons. The summed E-state index contributed by atoms with van der Waals surface area (Å²) >= 11 is 0. The number of ether oxygens (including phenoxy) is 1. The lowest BCUT2D eigenvalue weighted by Crippen LogP contribution is -2.47. The number of urea groups is 1. The zero-order valence-electron chi connectivity index (χ0n) is 13.6. The monoisotopic (exact) mass is 379 g/mol. The summed E-state index contributed by atoms with van der Waals surface area (Å²) in [5.74, 6) is 3.28. The number of hydrogen-bond donors (Lipinski definition) is 2. The quantitative estimate of drug-likeness (QED) is 0.790. The van der Waals surface area contributed by atoms with Gasteiger partial charge < -0.3 is 15.4 Å². The predicted octanol–water partition coefficient (Wildman–Crippen LogP) is 2.43. The number of anilines is 1. The topological polar surface area (TPSA) is 70.7 Å². The van der Waals surface area contributed by atoms with Crippen LogP contribution in [0, 0.1) is 0 Å². The number of benzene rings is 1. The van der Waals surface area contributed by atoms with E-state index in [2.05, 4.69) is 21.2 Å². The highest BCUT2D eigenvalue weighted by atomic mass is 32.2. The fraction of sp³-hybridized carbons (Fsp3) is 0.467. The zero-order valence-corrected chi connectivity index (χ0v) is 14.5. The molecule has 1 aliphatic rings. The number of piperidine rings is 1. The van der Waals surface area contributed by atoms with Gasteiger partial charge in [0.25, 0.3) is 0 Å². The first-order valence-electron chi connectivity index (χ1n) is 7.53. The van der Waals surface area contributed by atoms with Gasteiger partial charge in [-0.15, -0.1) is 13.2 Å². The summed E-state index contributed by atoms with van der Waals surface area (Å²) in [5, 5.41) is 5.34. The second-order valence-corrected chi connectivity index (χ2v) is 8.27. The maximum Gasteiger partial charge on any atom is 0.573 e. The van der Waals surface area contributed by atoms with E-state index in [-0.39, 0.29) is 11.8 Å². The number of alkyl halides is 3. The highest BCUT2D eigenvalue weighted by Crippen LogP contribution is 2.24. The van der Waals surface area contributed by atoms with E-state index >= 15 is 0 Å². The van der Waals surface area contributed by atoms with Crippen molar-refractivity contribution in [1.29, 1.82) is 0 Å². The molecule has 1 heterocycles. The molecule has 6 nitrogen and oxygen atoms in total. The van der Waals surface area contributed by atoms with Crippen molar-refractivity contribution in [2.75, 3.05) is 24.7 Å². The van der Waals surface area contributed by atoms with Gasteiger partial charge in [-0.1, -0.05) is 0 Å². The standard InChI is InChI=1S/C15H20F3N3O3S/c1-25(2,23)21-9-7-12(8-10-21)20-14(22)19-11-3-5-13(6-4-11)24-15(16,17)18/h3-6,12H,1,7-10H2,2H3,(H2,19,20,22). The summed E-state index contributed by atoms with van der Waals surface area (Å²) in [4.78, 5) is 12.0. The Morgan fingerprint density at radius 1 is 1.28 bits per heavy atom. The molecule has 1 aliphatic heterocycles. The largest absolute Gasteiger partial charge is 0.573 e. The molecule has 0 aromatic heterocycles. The molecule has 1 aromatic rings. The first-order chi connectivity index (χ1) is 11.5. The highest BCUT2D eigenvalue weighted by Gasteiger charge is 2.31. The van der Waals surface area contributed by atoms with Crippen LogP contribution in [0.1, 0.15) is 12.8 Å². The number of nitrogens with one attached hydrogen (secondary N) is 2. The van der Waals surface area contributed by atoms with E-state index < -0.39 is 22.1 Å². The molecule has 10 heteroatoms. The van der Waals surface area contributed by atoms with Crippen LogP contribution in [0.5, 0.6) is 5.75 Å². The van der Waals surface area contributed by atoms with Gasteiger partial charge in [-0.3, -0.25) is 4.21 Å². The van der Waals surface area contributed by atoms with Crippen molar-refractivity contribution in [2.24, 2.45) is 0 Å². The van der Waals surface area contributed by atoms with Crippen LogP contribution in [0.25, 0.3) is 0 Å². The highest BCUT2D eigenvalue weighted by molar-refractivity contribution is 7.97. The van der Waals surface area contributed by atoms with Gasteiger partial charge in [0.05, 0.1) is 0 Å². The minimum atomic E-state index is -4.75. The van der Waals surface area contributed by atoms with Crippen LogP contribution in [0.3, 0.4) is 0 Å². The van der Waals surface area contributed by atoms with E-state index in [1.807, 2.05) is 0 Å². The summed E-state index contributed by atoms with van der Waals surface area (Å²) in [6, 6.07) is 4.36. The molecule has 25 heavy (non-hydrogen) atoms. The summed E-state index contributed by atoms with van der Waals surface area (Å²) in [6.07, 6.45) is -1.88. The van der Waals surface area contributed by atoms with Gasteiger partial charge >= 0.3 is 12.4 Å². The van der Waals surface area contributed by atoms with Crippen molar-refractivity contribution in [3.8, 4) is 5.75 Å². The lowest BCUT2D eigenvalue weighted by Gasteiger charge is -2.32. The Bertz CT molecular complexity index is 697. The number of carbonyl (C=O) groups is 1. The molecule has 1 atom stereocenters. The van der Waals surface area contributed by atoms with Crippen molar-refractivity contribution in [3.63, 3.8) is 0 Å². The zero-order chi connectivity index (χ0) is 18.7. The van der Waals surface area contributed by atoms with Crippen LogP contribution in [0.2, 0.25) is 0 Å². The molecule has 1 aromatic carbocycles. The average molecular weight is 379 g/mol. The van der Waals surface area contributed by atoms with Crippen LogP contribution in [0.4, 0.5) is 23.7 Å². The second-order valence-electron chi connectivity index (χ2n) is 5.83. The lowest BCUT2D eigenvalue weighted by atomic mass is 10.1. The van der Waals surface area contributed by atoms with E-state index in [9.17, 15) is 22.2 Å². The van der Waals surface area contributed by atoms with Crippen LogP contribution in [-0.4, -0.2) is 52.2 Å². The Balaban J connectivity index is 1.81. The molecule has 1 unspecified atom stereocenters. The molecule has 2 rings (SSSR count). The third-order valence-electron chi connectivity index (χ3n) is 3.68. The third kappa shape index (κ3) is 6.46. The van der Waals surface area contributed by atoms with Gasteiger partial charge in [-0.05, 0) is 43.0 Å². The lowest BCUT2D eigenvalue weighted by molar-refractivity contribution is -0.274. The summed E-state index contributed by atoms with van der Waals surface area (Å²) in [6.45, 7) is 1.15. The Labute approximate surface area is 144 Å². The van der Waals surface area contributed by atoms with Gasteiger partial charge in [0, 0.05) is 40.8 Å². The Kier molecular flexibility index (Phi) is 5.83. The fourth-order valence-corrected chi connectivity index (χ4v) is 3.46. The van der Waals surface area contributed by atoms with E-state index in [1.165, 1.54) is 12.1 Å². The summed E-state index contributed by atoms with van der Waals surface area (Å²) in [5.41, 5.74) is 0.346. The molecule has 0 radical (unpaired) electrons. The van der Waals surface area contributed by atoms with E-state index in [0.717, 1.165) is 12.1 Å². The molecule has 0 bridgehead atoms. The van der Waals surface area contributed by atoms with E-state index in [0.29, 0.717) is 31.6 Å². The number of carbonyl (C=O) groups excluding carboxylic acids is 1. The first-order valence-corrected chi connectivity index (χ1v) is 9.63. The molecular formula is C15H20F3N3O3S. The molecule has 1 saturated heterocycles. The maximum absolute atomic E-state index is 12.1. The molecule has 2 amide bonds. The molecule has 1 fully saturated rings. The average Bonchev–Trinajstić information content (AvgIpc) is 2.47. The summed E-state index contributed by atoms with van der Waals surface area (Å²) in [7, 11) is -2.23. The van der Waals surface area contributed by atoms with Crippen LogP contribution in [0.15, 0.2) is 24.3 Å². The van der Waals surface area contributed by atoms with Gasteiger partial charge in [0.2, 0.25) is 0 Å².